The van der Waals surface area contributed by atoms with Gasteiger partial charge >= 0.3 is 11.6 Å². The summed E-state index contributed by atoms with van der Waals surface area (Å²) in [5.74, 6) is -0.209. The molecular weight excluding hydrogens is 388 g/mol. The third-order valence-electron chi connectivity index (χ3n) is 4.08. The highest BCUT2D eigenvalue weighted by atomic mass is 35.5. The molecule has 0 aliphatic heterocycles. The van der Waals surface area contributed by atoms with E-state index in [1.807, 2.05) is 0 Å². The van der Waals surface area contributed by atoms with Gasteiger partial charge in [0.25, 0.3) is 0 Å². The lowest BCUT2D eigenvalue weighted by Gasteiger charge is -2.10. The lowest BCUT2D eigenvalue weighted by atomic mass is 10.1. The molecular formula is C20H17ClO5S. The molecule has 7 heteroatoms. The van der Waals surface area contributed by atoms with Gasteiger partial charge in [-0.05, 0) is 36.8 Å². The predicted octanol–water partition coefficient (Wildman–Crippen LogP) is 4.24. The van der Waals surface area contributed by atoms with Crippen LogP contribution < -0.4 is 5.63 Å². The van der Waals surface area contributed by atoms with Crippen molar-refractivity contribution < 1.29 is 18.2 Å². The summed E-state index contributed by atoms with van der Waals surface area (Å²) in [5, 5.41) is 1.12. The van der Waals surface area contributed by atoms with E-state index >= 15 is 0 Å². The minimum Gasteiger partial charge on any atom is -0.457 e. The zero-order chi connectivity index (χ0) is 19.6. The molecule has 0 amide bonds. The molecule has 140 valence electrons. The first-order valence-electron chi connectivity index (χ1n) is 8.28. The second-order valence-electron chi connectivity index (χ2n) is 5.89. The van der Waals surface area contributed by atoms with Gasteiger partial charge in [-0.25, -0.2) is 9.59 Å². The fourth-order valence-corrected chi connectivity index (χ4v) is 3.78. The van der Waals surface area contributed by atoms with Gasteiger partial charge in [-0.3, -0.25) is 4.21 Å². The van der Waals surface area contributed by atoms with Crippen molar-refractivity contribution in [3.05, 3.63) is 74.6 Å². The summed E-state index contributed by atoms with van der Waals surface area (Å²) < 4.78 is 22.7. The number of halogens is 1. The van der Waals surface area contributed by atoms with Gasteiger partial charge < -0.3 is 9.15 Å². The molecule has 1 atom stereocenters. The highest BCUT2D eigenvalue weighted by molar-refractivity contribution is 7.85. The van der Waals surface area contributed by atoms with Crippen LogP contribution in [0.5, 0.6) is 0 Å². The number of benzene rings is 2. The molecule has 0 fully saturated rings. The SMILES string of the molecule is CC[S@](=O)c1ccccc1C(=O)OCc1cc(=O)oc2cc(C)c(Cl)cc12. The monoisotopic (exact) mass is 404 g/mol. The van der Waals surface area contributed by atoms with Crippen molar-refractivity contribution >= 4 is 39.3 Å². The third-order valence-corrected chi connectivity index (χ3v) is 5.86. The van der Waals surface area contributed by atoms with E-state index in [1.165, 1.54) is 6.07 Å². The van der Waals surface area contributed by atoms with Crippen molar-refractivity contribution in [2.75, 3.05) is 5.75 Å². The summed E-state index contributed by atoms with van der Waals surface area (Å²) in [7, 11) is -1.29. The van der Waals surface area contributed by atoms with Crippen LogP contribution in [0.3, 0.4) is 0 Å². The van der Waals surface area contributed by atoms with E-state index in [4.69, 9.17) is 20.8 Å². The van der Waals surface area contributed by atoms with E-state index in [9.17, 15) is 13.8 Å². The summed E-state index contributed by atoms with van der Waals surface area (Å²) in [4.78, 5) is 24.8. The molecule has 3 rings (SSSR count). The maximum atomic E-state index is 12.5. The highest BCUT2D eigenvalue weighted by Crippen LogP contribution is 2.26. The Kier molecular flexibility index (Phi) is 5.77. The van der Waals surface area contributed by atoms with Gasteiger partial charge in [-0.1, -0.05) is 30.7 Å². The van der Waals surface area contributed by atoms with Gasteiger partial charge in [-0.15, -0.1) is 0 Å². The maximum absolute atomic E-state index is 12.5. The van der Waals surface area contributed by atoms with E-state index in [0.717, 1.165) is 5.56 Å². The summed E-state index contributed by atoms with van der Waals surface area (Å²) in [6.07, 6.45) is 0. The first kappa shape index (κ1) is 19.3. The molecule has 0 bridgehead atoms. The number of carbonyl (C=O) groups excluding carboxylic acids is 1. The maximum Gasteiger partial charge on any atom is 0.339 e. The molecule has 0 unspecified atom stereocenters. The van der Waals surface area contributed by atoms with Gasteiger partial charge in [0.2, 0.25) is 0 Å². The van der Waals surface area contributed by atoms with Gasteiger partial charge in [0.05, 0.1) is 21.3 Å². The van der Waals surface area contributed by atoms with Crippen LogP contribution in [0.15, 0.2) is 56.6 Å². The van der Waals surface area contributed by atoms with Gasteiger partial charge in [0.15, 0.2) is 0 Å². The molecule has 2 aromatic carbocycles. The molecule has 0 saturated heterocycles. The van der Waals surface area contributed by atoms with Crippen molar-refractivity contribution in [3.8, 4) is 0 Å². The molecule has 0 radical (unpaired) electrons. The van der Waals surface area contributed by atoms with Crippen molar-refractivity contribution in [1.29, 1.82) is 0 Å². The number of rotatable bonds is 5. The van der Waals surface area contributed by atoms with Gasteiger partial charge in [0.1, 0.15) is 12.2 Å². The second-order valence-corrected chi connectivity index (χ2v) is 8.01. The van der Waals surface area contributed by atoms with Crippen LogP contribution in [-0.2, 0) is 22.1 Å². The number of ether oxygens (including phenoxy) is 1. The molecule has 0 spiro atoms. The fraction of sp³-hybridized carbons (Fsp3) is 0.200. The van der Waals surface area contributed by atoms with Crippen molar-refractivity contribution in [3.63, 3.8) is 0 Å². The molecule has 0 aliphatic rings. The van der Waals surface area contributed by atoms with Gasteiger partial charge in [-0.2, -0.15) is 0 Å². The topological polar surface area (TPSA) is 73.6 Å². The Bertz CT molecular complexity index is 1100. The number of fused-ring (bicyclic) bond motifs is 1. The standard InChI is InChI=1S/C20H17ClO5S/c1-3-27(24)18-7-5-4-6-14(18)20(23)25-11-13-9-19(22)26-17-8-12(2)16(21)10-15(13)17/h4-10H,3,11H2,1-2H3/t27-/m0/s1. The summed E-state index contributed by atoms with van der Waals surface area (Å²) >= 11 is 6.17. The van der Waals surface area contributed by atoms with Crippen LogP contribution >= 0.6 is 11.6 Å². The van der Waals surface area contributed by atoms with Crippen molar-refractivity contribution in [2.45, 2.75) is 25.3 Å². The van der Waals surface area contributed by atoms with E-state index in [2.05, 4.69) is 0 Å². The molecule has 0 N–H and O–H groups in total. The number of esters is 1. The van der Waals surface area contributed by atoms with E-state index in [0.29, 0.717) is 32.2 Å². The first-order chi connectivity index (χ1) is 12.9. The highest BCUT2D eigenvalue weighted by Gasteiger charge is 2.17. The Morgan fingerprint density at radius 1 is 1.22 bits per heavy atom. The van der Waals surface area contributed by atoms with Crippen molar-refractivity contribution in [1.82, 2.24) is 0 Å². The Morgan fingerprint density at radius 2 is 1.96 bits per heavy atom. The van der Waals surface area contributed by atoms with E-state index in [1.54, 1.807) is 50.2 Å². The van der Waals surface area contributed by atoms with Crippen LogP contribution in [0, 0.1) is 6.92 Å². The molecule has 0 aliphatic carbocycles. The summed E-state index contributed by atoms with van der Waals surface area (Å²) in [6.45, 7) is 3.45. The Balaban J connectivity index is 1.92. The predicted molar refractivity (Wildman–Crippen MR) is 105 cm³/mol. The zero-order valence-electron chi connectivity index (χ0n) is 14.8. The number of hydrogen-bond acceptors (Lipinski definition) is 5. The zero-order valence-corrected chi connectivity index (χ0v) is 16.4. The summed E-state index contributed by atoms with van der Waals surface area (Å²) in [6, 6.07) is 11.2. The minimum atomic E-state index is -1.29. The van der Waals surface area contributed by atoms with E-state index in [-0.39, 0.29) is 12.2 Å². The lowest BCUT2D eigenvalue weighted by molar-refractivity contribution is 0.0469. The number of aryl methyl sites for hydroxylation is 1. The smallest absolute Gasteiger partial charge is 0.339 e. The Labute approximate surface area is 163 Å². The molecule has 27 heavy (non-hydrogen) atoms. The Hall–Kier alpha value is -2.44. The fourth-order valence-electron chi connectivity index (χ4n) is 2.68. The van der Waals surface area contributed by atoms with E-state index < -0.39 is 22.4 Å². The van der Waals surface area contributed by atoms with Crippen LogP contribution in [0.2, 0.25) is 5.02 Å². The summed E-state index contributed by atoms with van der Waals surface area (Å²) in [5.41, 5.74) is 1.35. The van der Waals surface area contributed by atoms with Gasteiger partial charge in [0, 0.05) is 27.8 Å². The normalized spacial score (nSPS) is 12.1. The average Bonchev–Trinajstić information content (AvgIpc) is 2.66. The average molecular weight is 405 g/mol. The van der Waals surface area contributed by atoms with Crippen LogP contribution in [0.25, 0.3) is 11.0 Å². The lowest BCUT2D eigenvalue weighted by Crippen LogP contribution is -2.11. The Morgan fingerprint density at radius 3 is 2.70 bits per heavy atom. The molecule has 0 saturated carbocycles. The molecule has 3 aromatic rings. The van der Waals surface area contributed by atoms with Crippen molar-refractivity contribution in [2.24, 2.45) is 0 Å². The van der Waals surface area contributed by atoms with Crippen LogP contribution in [-0.4, -0.2) is 15.9 Å². The largest absolute Gasteiger partial charge is 0.457 e. The molecule has 5 nitrogen and oxygen atoms in total. The third kappa shape index (κ3) is 4.12. The molecule has 1 heterocycles. The first-order valence-corrected chi connectivity index (χ1v) is 9.97. The number of hydrogen-bond donors (Lipinski definition) is 0. The van der Waals surface area contributed by atoms with Crippen LogP contribution in [0.4, 0.5) is 0 Å². The second kappa shape index (κ2) is 8.06. The molecule has 1 aromatic heterocycles. The number of carbonyl (C=O) groups is 1. The quantitative estimate of drug-likeness (QED) is 0.469. The van der Waals surface area contributed by atoms with Crippen LogP contribution in [0.1, 0.15) is 28.4 Å². The minimum absolute atomic E-state index is 0.132.